The molecule has 0 saturated carbocycles. The van der Waals surface area contributed by atoms with E-state index in [1.807, 2.05) is 61.0 Å². The lowest BCUT2D eigenvalue weighted by atomic mass is 9.95. The molecule has 170 valence electrons. The minimum atomic E-state index is -0.127. The minimum absolute atomic E-state index is 0.127. The molecule has 3 heterocycles. The van der Waals surface area contributed by atoms with Gasteiger partial charge in [0.15, 0.2) is 5.13 Å². The molecule has 0 saturated heterocycles. The molecule has 0 unspecified atom stereocenters. The van der Waals surface area contributed by atoms with Crippen molar-refractivity contribution in [2.24, 2.45) is 0 Å². The predicted octanol–water partition coefficient (Wildman–Crippen LogP) is 6.27. The van der Waals surface area contributed by atoms with Crippen molar-refractivity contribution in [3.63, 3.8) is 0 Å². The molecule has 0 aliphatic heterocycles. The van der Waals surface area contributed by atoms with Gasteiger partial charge in [0.05, 0.1) is 38.8 Å². The third-order valence-electron chi connectivity index (χ3n) is 5.94. The highest BCUT2D eigenvalue weighted by Crippen LogP contribution is 2.42. The van der Waals surface area contributed by atoms with Gasteiger partial charge in [-0.05, 0) is 68.7 Å². The predicted molar refractivity (Wildman–Crippen MR) is 138 cm³/mol. The highest BCUT2D eigenvalue weighted by Gasteiger charge is 2.28. The molecule has 0 spiro atoms. The Morgan fingerprint density at radius 2 is 1.97 bits per heavy atom. The van der Waals surface area contributed by atoms with Crippen LogP contribution in [0.2, 0.25) is 0 Å². The summed E-state index contributed by atoms with van der Waals surface area (Å²) in [6, 6.07) is 18.0. The zero-order valence-electron chi connectivity index (χ0n) is 18.8. The SMILES string of the molecule is CCOc1ccc2nc(NC(=O)c3cc4c(s3)-c3c(C)nn(-c5ccccc5)c3CC4)sc2c1. The topological polar surface area (TPSA) is 69.0 Å². The van der Waals surface area contributed by atoms with Gasteiger partial charge in [-0.3, -0.25) is 10.1 Å². The van der Waals surface area contributed by atoms with Crippen molar-refractivity contribution in [2.45, 2.75) is 26.7 Å². The van der Waals surface area contributed by atoms with Crippen molar-refractivity contribution in [1.29, 1.82) is 0 Å². The number of nitrogens with zero attached hydrogens (tertiary/aromatic N) is 3. The van der Waals surface area contributed by atoms with Crippen LogP contribution in [-0.2, 0) is 12.8 Å². The minimum Gasteiger partial charge on any atom is -0.494 e. The molecule has 5 aromatic rings. The maximum atomic E-state index is 13.1. The summed E-state index contributed by atoms with van der Waals surface area (Å²) in [6.45, 7) is 4.62. The van der Waals surface area contributed by atoms with Crippen molar-refractivity contribution >= 4 is 43.9 Å². The fourth-order valence-corrected chi connectivity index (χ4v) is 6.56. The summed E-state index contributed by atoms with van der Waals surface area (Å²) in [4.78, 5) is 19.5. The fraction of sp³-hybridized carbons (Fsp3) is 0.192. The normalized spacial score (nSPS) is 12.4. The molecule has 0 radical (unpaired) electrons. The van der Waals surface area contributed by atoms with Crippen LogP contribution in [0.15, 0.2) is 54.6 Å². The van der Waals surface area contributed by atoms with Gasteiger partial charge in [0.2, 0.25) is 0 Å². The number of benzene rings is 2. The van der Waals surface area contributed by atoms with Crippen LogP contribution in [0, 0.1) is 6.92 Å². The molecule has 2 aromatic carbocycles. The van der Waals surface area contributed by atoms with Crippen molar-refractivity contribution < 1.29 is 9.53 Å². The number of para-hydroxylation sites is 1. The van der Waals surface area contributed by atoms with Gasteiger partial charge < -0.3 is 4.74 Å². The Morgan fingerprint density at radius 1 is 1.12 bits per heavy atom. The van der Waals surface area contributed by atoms with E-state index in [2.05, 4.69) is 22.4 Å². The zero-order valence-corrected chi connectivity index (χ0v) is 20.4. The Morgan fingerprint density at radius 3 is 2.79 bits per heavy atom. The Hall–Kier alpha value is -3.49. The molecule has 8 heteroatoms. The Labute approximate surface area is 204 Å². The van der Waals surface area contributed by atoms with E-state index in [0.717, 1.165) is 50.6 Å². The van der Waals surface area contributed by atoms with Gasteiger partial charge >= 0.3 is 0 Å². The molecule has 1 N–H and O–H groups in total. The maximum absolute atomic E-state index is 13.1. The van der Waals surface area contributed by atoms with Crippen LogP contribution in [0.1, 0.15) is 33.5 Å². The summed E-state index contributed by atoms with van der Waals surface area (Å²) < 4.78 is 8.61. The molecule has 1 amide bonds. The molecule has 6 nitrogen and oxygen atoms in total. The second kappa shape index (κ2) is 8.38. The number of rotatable bonds is 5. The zero-order chi connectivity index (χ0) is 23.2. The van der Waals surface area contributed by atoms with Gasteiger partial charge in [-0.2, -0.15) is 5.10 Å². The lowest BCUT2D eigenvalue weighted by Gasteiger charge is -2.14. The molecule has 0 fully saturated rings. The number of aryl methyl sites for hydroxylation is 2. The van der Waals surface area contributed by atoms with Crippen LogP contribution in [0.25, 0.3) is 26.3 Å². The average molecular weight is 487 g/mol. The van der Waals surface area contributed by atoms with Gasteiger partial charge in [0.1, 0.15) is 5.75 Å². The van der Waals surface area contributed by atoms with Gasteiger partial charge in [-0.15, -0.1) is 11.3 Å². The summed E-state index contributed by atoms with van der Waals surface area (Å²) in [6.07, 6.45) is 1.79. The Kier molecular flexibility index (Phi) is 5.19. The molecule has 3 aromatic heterocycles. The molecular weight excluding hydrogens is 464 g/mol. The van der Waals surface area contributed by atoms with Crippen molar-refractivity contribution in [3.05, 3.63) is 76.4 Å². The van der Waals surface area contributed by atoms with Gasteiger partial charge in [0.25, 0.3) is 5.91 Å². The summed E-state index contributed by atoms with van der Waals surface area (Å²) in [5.74, 6) is 0.683. The number of thiophene rings is 1. The maximum Gasteiger partial charge on any atom is 0.267 e. The highest BCUT2D eigenvalue weighted by molar-refractivity contribution is 7.22. The average Bonchev–Trinajstić information content (AvgIpc) is 3.54. The number of amides is 1. The van der Waals surface area contributed by atoms with Crippen LogP contribution >= 0.6 is 22.7 Å². The van der Waals surface area contributed by atoms with E-state index in [-0.39, 0.29) is 5.91 Å². The number of anilines is 1. The number of carbonyl (C=O) groups is 1. The number of ether oxygens (including phenoxy) is 1. The number of hydrogen-bond acceptors (Lipinski definition) is 6. The first kappa shape index (κ1) is 21.1. The third-order valence-corrected chi connectivity index (χ3v) is 8.07. The van der Waals surface area contributed by atoms with E-state index in [1.54, 1.807) is 0 Å². The second-order valence-corrected chi connectivity index (χ2v) is 10.2. The van der Waals surface area contributed by atoms with Crippen LogP contribution in [0.5, 0.6) is 5.75 Å². The van der Waals surface area contributed by atoms with E-state index in [1.165, 1.54) is 33.9 Å². The van der Waals surface area contributed by atoms with Crippen LogP contribution in [-0.4, -0.2) is 27.3 Å². The first-order valence-corrected chi connectivity index (χ1v) is 12.9. The molecule has 1 aliphatic rings. The van der Waals surface area contributed by atoms with Crippen molar-refractivity contribution in [3.8, 4) is 21.9 Å². The number of carbonyl (C=O) groups excluding carboxylic acids is 1. The van der Waals surface area contributed by atoms with Gasteiger partial charge in [0, 0.05) is 10.4 Å². The highest BCUT2D eigenvalue weighted by atomic mass is 32.1. The van der Waals surface area contributed by atoms with E-state index >= 15 is 0 Å². The van der Waals surface area contributed by atoms with E-state index in [9.17, 15) is 4.79 Å². The van der Waals surface area contributed by atoms with Crippen molar-refractivity contribution in [1.82, 2.24) is 14.8 Å². The number of thiazole rings is 1. The number of hydrogen-bond donors (Lipinski definition) is 1. The summed E-state index contributed by atoms with van der Waals surface area (Å²) in [7, 11) is 0. The first-order valence-electron chi connectivity index (χ1n) is 11.2. The Balaban J connectivity index is 1.30. The Bertz CT molecular complexity index is 1530. The van der Waals surface area contributed by atoms with Crippen molar-refractivity contribution in [2.75, 3.05) is 11.9 Å². The van der Waals surface area contributed by atoms with E-state index in [0.29, 0.717) is 16.6 Å². The molecule has 34 heavy (non-hydrogen) atoms. The van der Waals surface area contributed by atoms with Crippen LogP contribution in [0.3, 0.4) is 0 Å². The van der Waals surface area contributed by atoms with E-state index in [4.69, 9.17) is 9.84 Å². The molecule has 0 bridgehead atoms. The smallest absolute Gasteiger partial charge is 0.267 e. The van der Waals surface area contributed by atoms with E-state index < -0.39 is 0 Å². The lowest BCUT2D eigenvalue weighted by Crippen LogP contribution is -2.09. The fourth-order valence-electron chi connectivity index (χ4n) is 4.45. The summed E-state index contributed by atoms with van der Waals surface area (Å²) in [5.41, 5.74) is 6.49. The largest absolute Gasteiger partial charge is 0.494 e. The number of nitrogens with one attached hydrogen (secondary N) is 1. The first-order chi connectivity index (χ1) is 16.6. The molecular formula is C26H22N4O2S2. The van der Waals surface area contributed by atoms with Crippen LogP contribution < -0.4 is 10.1 Å². The molecule has 1 aliphatic carbocycles. The molecule has 6 rings (SSSR count). The summed E-state index contributed by atoms with van der Waals surface area (Å²) >= 11 is 2.99. The lowest BCUT2D eigenvalue weighted by molar-refractivity contribution is 0.103. The summed E-state index contributed by atoms with van der Waals surface area (Å²) in [5, 5.41) is 8.42. The van der Waals surface area contributed by atoms with Gasteiger partial charge in [-0.25, -0.2) is 9.67 Å². The standard InChI is InChI=1S/C26H22N4O2S2/c1-3-32-18-10-11-19-21(14-18)34-26(27-19)28-25(31)22-13-16-9-12-20-23(24(16)33-22)15(2)29-30(20)17-7-5-4-6-8-17/h4-8,10-11,13-14H,3,9,12H2,1-2H3,(H,27,28,31). The number of fused-ring (bicyclic) bond motifs is 4. The molecule has 0 atom stereocenters. The number of aromatic nitrogens is 3. The quantitative estimate of drug-likeness (QED) is 0.318. The third kappa shape index (κ3) is 3.59. The second-order valence-electron chi connectivity index (χ2n) is 8.16. The van der Waals surface area contributed by atoms with Gasteiger partial charge in [-0.1, -0.05) is 29.5 Å². The van der Waals surface area contributed by atoms with Crippen LogP contribution in [0.4, 0.5) is 5.13 Å². The monoisotopic (exact) mass is 486 g/mol.